The summed E-state index contributed by atoms with van der Waals surface area (Å²) in [5.74, 6) is 0. The van der Waals surface area contributed by atoms with Gasteiger partial charge in [0, 0.05) is 28.2 Å². The van der Waals surface area contributed by atoms with Gasteiger partial charge in [0.2, 0.25) is 10.0 Å². The fourth-order valence-electron chi connectivity index (χ4n) is 2.94. The van der Waals surface area contributed by atoms with Crippen molar-refractivity contribution in [2.75, 3.05) is 0 Å². The van der Waals surface area contributed by atoms with Crippen LogP contribution >= 0.6 is 23.2 Å². The van der Waals surface area contributed by atoms with Gasteiger partial charge in [-0.15, -0.1) is 0 Å². The van der Waals surface area contributed by atoms with Crippen molar-refractivity contribution in [1.29, 1.82) is 0 Å². The molecule has 0 aliphatic heterocycles. The number of benzene rings is 2. The number of nitrogens with zero attached hydrogens (tertiary/aromatic N) is 1. The summed E-state index contributed by atoms with van der Waals surface area (Å²) in [5, 5.41) is 10.8. The molecule has 3 aromatic rings. The molecule has 1 heterocycles. The summed E-state index contributed by atoms with van der Waals surface area (Å²) in [6, 6.07) is 5.59. The Labute approximate surface area is 178 Å². The van der Waals surface area contributed by atoms with Gasteiger partial charge in [-0.2, -0.15) is 17.9 Å². The highest BCUT2D eigenvalue weighted by molar-refractivity contribution is 7.89. The van der Waals surface area contributed by atoms with Crippen LogP contribution in [0, 0.1) is 10.1 Å². The lowest BCUT2D eigenvalue weighted by molar-refractivity contribution is -0.387. The van der Waals surface area contributed by atoms with Crippen molar-refractivity contribution in [3.8, 4) is 0 Å². The van der Waals surface area contributed by atoms with Gasteiger partial charge in [0.25, 0.3) is 5.69 Å². The number of fused-ring (bicyclic) bond motifs is 1. The van der Waals surface area contributed by atoms with Crippen LogP contribution in [-0.4, -0.2) is 30.5 Å². The zero-order valence-corrected chi connectivity index (χ0v) is 17.0. The number of hydrogen-bond donors (Lipinski definition) is 2. The first-order chi connectivity index (χ1) is 13.9. The lowest BCUT2D eigenvalue weighted by Gasteiger charge is -2.21. The van der Waals surface area contributed by atoms with E-state index in [0.717, 1.165) is 6.07 Å². The largest absolute Gasteiger partial charge is 0.405 e. The first-order valence-electron chi connectivity index (χ1n) is 8.17. The van der Waals surface area contributed by atoms with Crippen LogP contribution in [-0.2, 0) is 16.4 Å². The van der Waals surface area contributed by atoms with Gasteiger partial charge in [-0.3, -0.25) is 10.1 Å². The molecule has 30 heavy (non-hydrogen) atoms. The van der Waals surface area contributed by atoms with E-state index >= 15 is 0 Å². The molecule has 1 unspecified atom stereocenters. The lowest BCUT2D eigenvalue weighted by Crippen LogP contribution is -2.46. The van der Waals surface area contributed by atoms with E-state index in [2.05, 4.69) is 4.98 Å². The maximum atomic E-state index is 13.7. The Morgan fingerprint density at radius 1 is 1.20 bits per heavy atom. The molecule has 0 radical (unpaired) electrons. The molecule has 0 bridgehead atoms. The molecule has 2 aromatic carbocycles. The summed E-state index contributed by atoms with van der Waals surface area (Å²) in [7, 11) is -5.03. The monoisotopic (exact) mass is 481 g/mol. The summed E-state index contributed by atoms with van der Waals surface area (Å²) >= 11 is 11.4. The number of halogens is 5. The number of alkyl halides is 3. The number of H-pyrrole nitrogens is 1. The fourth-order valence-corrected chi connectivity index (χ4v) is 5.16. The quantitative estimate of drug-likeness (QED) is 0.388. The first kappa shape index (κ1) is 22.3. The standard InChI is InChI=1S/C17H12Cl2F3N3O4S/c18-10-6-12(19)16(14(7-10)25(26)27)30(28,29)24-15(17(20,21)22)5-9-8-23-13-4-2-1-3-11(9)13/h1-4,6-8,15,23-24H,5H2. The van der Waals surface area contributed by atoms with Crippen LogP contribution in [0.1, 0.15) is 5.56 Å². The zero-order chi connectivity index (χ0) is 22.3. The second kappa shape index (κ2) is 8.06. The van der Waals surface area contributed by atoms with Crippen LogP contribution in [0.5, 0.6) is 0 Å². The number of aromatic nitrogens is 1. The molecule has 2 N–H and O–H groups in total. The van der Waals surface area contributed by atoms with Crippen LogP contribution in [0.15, 0.2) is 47.5 Å². The third kappa shape index (κ3) is 4.53. The summed E-state index contributed by atoms with van der Waals surface area (Å²) in [6.07, 6.45) is -4.39. The Kier molecular flexibility index (Phi) is 6.01. The van der Waals surface area contributed by atoms with Gasteiger partial charge in [0.05, 0.1) is 9.95 Å². The van der Waals surface area contributed by atoms with E-state index in [1.807, 2.05) is 0 Å². The summed E-state index contributed by atoms with van der Waals surface area (Å²) in [6.45, 7) is 0. The van der Waals surface area contributed by atoms with E-state index in [1.165, 1.54) is 10.9 Å². The van der Waals surface area contributed by atoms with Gasteiger partial charge < -0.3 is 4.98 Å². The number of nitrogens with one attached hydrogen (secondary N) is 2. The van der Waals surface area contributed by atoms with Gasteiger partial charge in [-0.05, 0) is 24.1 Å². The van der Waals surface area contributed by atoms with Gasteiger partial charge in [-0.1, -0.05) is 41.4 Å². The van der Waals surface area contributed by atoms with Crippen molar-refractivity contribution in [2.45, 2.75) is 23.5 Å². The highest BCUT2D eigenvalue weighted by Gasteiger charge is 2.44. The van der Waals surface area contributed by atoms with E-state index in [4.69, 9.17) is 23.2 Å². The van der Waals surface area contributed by atoms with Crippen LogP contribution in [0.3, 0.4) is 0 Å². The number of para-hydroxylation sites is 1. The molecular weight excluding hydrogens is 470 g/mol. The minimum atomic E-state index is -5.03. The molecule has 0 saturated heterocycles. The number of sulfonamides is 1. The Balaban J connectivity index is 2.03. The molecule has 7 nitrogen and oxygen atoms in total. The molecule has 1 atom stereocenters. The Hall–Kier alpha value is -2.34. The molecule has 3 rings (SSSR count). The predicted octanol–water partition coefficient (Wildman–Crippen LogP) is 4.83. The molecule has 160 valence electrons. The van der Waals surface area contributed by atoms with Crippen LogP contribution in [0.4, 0.5) is 18.9 Å². The minimum absolute atomic E-state index is 0.215. The van der Waals surface area contributed by atoms with Gasteiger partial charge in [0.15, 0.2) is 4.90 Å². The second-order valence-corrected chi connectivity index (χ2v) is 8.77. The zero-order valence-electron chi connectivity index (χ0n) is 14.7. The first-order valence-corrected chi connectivity index (χ1v) is 10.4. The smallest absolute Gasteiger partial charge is 0.361 e. The maximum Gasteiger partial charge on any atom is 0.405 e. The average Bonchev–Trinajstić information content (AvgIpc) is 3.02. The van der Waals surface area contributed by atoms with E-state index in [9.17, 15) is 31.7 Å². The number of nitro groups is 1. The van der Waals surface area contributed by atoms with Crippen molar-refractivity contribution in [2.24, 2.45) is 0 Å². The van der Waals surface area contributed by atoms with E-state index in [0.29, 0.717) is 17.0 Å². The van der Waals surface area contributed by atoms with E-state index in [-0.39, 0.29) is 10.6 Å². The van der Waals surface area contributed by atoms with Crippen molar-refractivity contribution in [1.82, 2.24) is 9.71 Å². The molecule has 0 aliphatic carbocycles. The van der Waals surface area contributed by atoms with Crippen molar-refractivity contribution >= 4 is 49.8 Å². The second-order valence-electron chi connectivity index (χ2n) is 6.27. The summed E-state index contributed by atoms with van der Waals surface area (Å²) < 4.78 is 67.9. The number of nitro benzene ring substituents is 1. The highest BCUT2D eigenvalue weighted by Crippen LogP contribution is 2.36. The minimum Gasteiger partial charge on any atom is -0.361 e. The third-order valence-electron chi connectivity index (χ3n) is 4.25. The molecule has 0 spiro atoms. The van der Waals surface area contributed by atoms with E-state index < -0.39 is 49.2 Å². The lowest BCUT2D eigenvalue weighted by atomic mass is 10.1. The Morgan fingerprint density at radius 3 is 2.50 bits per heavy atom. The SMILES string of the molecule is O=[N+]([O-])c1cc(Cl)cc(Cl)c1S(=O)(=O)NC(Cc1c[nH]c2ccccc12)C(F)(F)F. The number of rotatable bonds is 6. The van der Waals surface area contributed by atoms with Crippen LogP contribution < -0.4 is 4.72 Å². The summed E-state index contributed by atoms with van der Waals surface area (Å²) in [4.78, 5) is 11.9. The number of aromatic amines is 1. The number of hydrogen-bond acceptors (Lipinski definition) is 4. The molecule has 0 fully saturated rings. The topological polar surface area (TPSA) is 105 Å². The fraction of sp³-hybridized carbons (Fsp3) is 0.176. The normalized spacial score (nSPS) is 13.5. The van der Waals surface area contributed by atoms with Crippen molar-refractivity contribution < 1.29 is 26.5 Å². The Bertz CT molecular complexity index is 1230. The molecule has 13 heteroatoms. The summed E-state index contributed by atoms with van der Waals surface area (Å²) in [5.41, 5.74) is -0.243. The predicted molar refractivity (Wildman–Crippen MR) is 105 cm³/mol. The molecular formula is C17H12Cl2F3N3O4S. The van der Waals surface area contributed by atoms with Crippen molar-refractivity contribution in [3.05, 3.63) is 68.3 Å². The Morgan fingerprint density at radius 2 is 1.87 bits per heavy atom. The molecule has 0 saturated carbocycles. The highest BCUT2D eigenvalue weighted by atomic mass is 35.5. The van der Waals surface area contributed by atoms with Crippen molar-refractivity contribution in [3.63, 3.8) is 0 Å². The third-order valence-corrected chi connectivity index (χ3v) is 6.44. The van der Waals surface area contributed by atoms with E-state index in [1.54, 1.807) is 24.3 Å². The van der Waals surface area contributed by atoms with Gasteiger partial charge in [-0.25, -0.2) is 8.42 Å². The molecule has 1 aromatic heterocycles. The average molecular weight is 482 g/mol. The maximum absolute atomic E-state index is 13.7. The van der Waals surface area contributed by atoms with Gasteiger partial charge in [0.1, 0.15) is 6.04 Å². The van der Waals surface area contributed by atoms with Crippen LogP contribution in [0.2, 0.25) is 10.0 Å². The van der Waals surface area contributed by atoms with Gasteiger partial charge >= 0.3 is 6.18 Å². The van der Waals surface area contributed by atoms with Crippen LogP contribution in [0.25, 0.3) is 10.9 Å². The molecule has 0 amide bonds. The molecule has 0 aliphatic rings.